The number of thiazole rings is 1. The Morgan fingerprint density at radius 2 is 1.82 bits per heavy atom. The van der Waals surface area contributed by atoms with Crippen LogP contribution in [0.5, 0.6) is 0 Å². The maximum atomic E-state index is 12.1. The smallest absolute Gasteiger partial charge is 0.251 e. The summed E-state index contributed by atoms with van der Waals surface area (Å²) in [6, 6.07) is 14.4. The molecule has 6 nitrogen and oxygen atoms in total. The van der Waals surface area contributed by atoms with Crippen LogP contribution in [0.3, 0.4) is 0 Å². The summed E-state index contributed by atoms with van der Waals surface area (Å²) in [5.41, 5.74) is 3.01. The Morgan fingerprint density at radius 3 is 2.54 bits per heavy atom. The molecule has 4 rings (SSSR count). The minimum absolute atomic E-state index is 0.103. The molecule has 28 heavy (non-hydrogen) atoms. The number of halogens is 1. The number of imidazole rings is 1. The van der Waals surface area contributed by atoms with Crippen molar-refractivity contribution in [3.63, 3.8) is 0 Å². The summed E-state index contributed by atoms with van der Waals surface area (Å²) in [6.07, 6.45) is 3.94. The van der Waals surface area contributed by atoms with Crippen molar-refractivity contribution in [2.75, 3.05) is 11.9 Å². The molecule has 0 unspecified atom stereocenters. The molecule has 0 saturated carbocycles. The summed E-state index contributed by atoms with van der Waals surface area (Å²) in [7, 11) is 0. The third-order valence-corrected chi connectivity index (χ3v) is 5.37. The summed E-state index contributed by atoms with van der Waals surface area (Å²) >= 11 is 4.90. The first-order valence-electron chi connectivity index (χ1n) is 8.45. The number of nitrogens with zero attached hydrogens (tertiary/aromatic N) is 2. The molecule has 2 amide bonds. The van der Waals surface area contributed by atoms with E-state index in [1.807, 2.05) is 46.4 Å². The normalized spacial score (nSPS) is 10.8. The number of carbonyl (C=O) groups is 2. The zero-order valence-corrected chi connectivity index (χ0v) is 17.0. The number of amides is 2. The van der Waals surface area contributed by atoms with Crippen LogP contribution in [0.1, 0.15) is 10.4 Å². The van der Waals surface area contributed by atoms with Crippen molar-refractivity contribution in [3.05, 3.63) is 76.3 Å². The Kier molecular flexibility index (Phi) is 5.23. The van der Waals surface area contributed by atoms with Gasteiger partial charge in [0.2, 0.25) is 5.91 Å². The van der Waals surface area contributed by atoms with E-state index in [-0.39, 0.29) is 18.4 Å². The van der Waals surface area contributed by atoms with Crippen LogP contribution in [-0.2, 0) is 4.79 Å². The molecule has 4 aromatic rings. The van der Waals surface area contributed by atoms with E-state index in [1.165, 1.54) is 0 Å². The number of nitrogens with one attached hydrogen (secondary N) is 2. The minimum atomic E-state index is -0.294. The summed E-state index contributed by atoms with van der Waals surface area (Å²) in [5.74, 6) is -0.585. The SMILES string of the molecule is O=C(CNC(=O)c1ccc(Br)cc1)Nc1ccc(-c2cn3ccsc3n2)cc1. The molecular weight excluding hydrogens is 440 g/mol. The Bertz CT molecular complexity index is 1100. The molecule has 0 fully saturated rings. The van der Waals surface area contributed by atoms with E-state index >= 15 is 0 Å². The summed E-state index contributed by atoms with van der Waals surface area (Å²) < 4.78 is 2.87. The predicted molar refractivity (Wildman–Crippen MR) is 114 cm³/mol. The number of aromatic nitrogens is 2. The zero-order chi connectivity index (χ0) is 19.5. The van der Waals surface area contributed by atoms with Crippen molar-refractivity contribution in [1.82, 2.24) is 14.7 Å². The fourth-order valence-corrected chi connectivity index (χ4v) is 3.62. The van der Waals surface area contributed by atoms with Gasteiger partial charge < -0.3 is 10.6 Å². The van der Waals surface area contributed by atoms with Crippen molar-refractivity contribution >= 4 is 49.7 Å². The van der Waals surface area contributed by atoms with Crippen LogP contribution in [0, 0.1) is 0 Å². The molecule has 2 aromatic carbocycles. The molecule has 2 aromatic heterocycles. The van der Waals surface area contributed by atoms with Gasteiger partial charge in [-0.05, 0) is 36.4 Å². The predicted octanol–water partition coefficient (Wildman–Crippen LogP) is 4.19. The van der Waals surface area contributed by atoms with E-state index in [2.05, 4.69) is 31.5 Å². The lowest BCUT2D eigenvalue weighted by Crippen LogP contribution is -2.32. The number of hydrogen-bond acceptors (Lipinski definition) is 4. The average molecular weight is 455 g/mol. The molecule has 2 N–H and O–H groups in total. The van der Waals surface area contributed by atoms with Gasteiger partial charge in [0.25, 0.3) is 5.91 Å². The summed E-state index contributed by atoms with van der Waals surface area (Å²) in [4.78, 5) is 29.6. The summed E-state index contributed by atoms with van der Waals surface area (Å²) in [5, 5.41) is 7.37. The molecule has 140 valence electrons. The van der Waals surface area contributed by atoms with Crippen LogP contribution in [0.2, 0.25) is 0 Å². The average Bonchev–Trinajstić information content (AvgIpc) is 3.29. The molecule has 0 bridgehead atoms. The first-order valence-corrected chi connectivity index (χ1v) is 10.1. The lowest BCUT2D eigenvalue weighted by molar-refractivity contribution is -0.115. The molecule has 2 heterocycles. The highest BCUT2D eigenvalue weighted by Crippen LogP contribution is 2.23. The molecule has 0 saturated heterocycles. The molecule has 0 aliphatic carbocycles. The third kappa shape index (κ3) is 4.13. The van der Waals surface area contributed by atoms with E-state index < -0.39 is 0 Å². The Labute approximate surface area is 173 Å². The van der Waals surface area contributed by atoms with E-state index in [0.717, 1.165) is 20.7 Å². The first kappa shape index (κ1) is 18.4. The van der Waals surface area contributed by atoms with Crippen LogP contribution in [0.4, 0.5) is 5.69 Å². The number of hydrogen-bond donors (Lipinski definition) is 2. The summed E-state index contributed by atoms with van der Waals surface area (Å²) in [6.45, 7) is -0.103. The largest absolute Gasteiger partial charge is 0.343 e. The van der Waals surface area contributed by atoms with Gasteiger partial charge >= 0.3 is 0 Å². The number of fused-ring (bicyclic) bond motifs is 1. The Balaban J connectivity index is 1.33. The minimum Gasteiger partial charge on any atom is -0.343 e. The van der Waals surface area contributed by atoms with E-state index in [1.54, 1.807) is 35.6 Å². The van der Waals surface area contributed by atoms with Crippen molar-refractivity contribution < 1.29 is 9.59 Å². The topological polar surface area (TPSA) is 75.5 Å². The van der Waals surface area contributed by atoms with Gasteiger partial charge in [-0.3, -0.25) is 14.0 Å². The number of anilines is 1. The van der Waals surface area contributed by atoms with Gasteiger partial charge in [0.1, 0.15) is 0 Å². The maximum absolute atomic E-state index is 12.1. The Morgan fingerprint density at radius 1 is 1.07 bits per heavy atom. The lowest BCUT2D eigenvalue weighted by Gasteiger charge is -2.08. The first-order chi connectivity index (χ1) is 13.6. The van der Waals surface area contributed by atoms with E-state index in [9.17, 15) is 9.59 Å². The van der Waals surface area contributed by atoms with Crippen LogP contribution < -0.4 is 10.6 Å². The quantitative estimate of drug-likeness (QED) is 0.474. The second-order valence-corrected chi connectivity index (χ2v) is 7.82. The Hall–Kier alpha value is -2.97. The van der Waals surface area contributed by atoms with Gasteiger partial charge in [-0.15, -0.1) is 11.3 Å². The van der Waals surface area contributed by atoms with E-state index in [4.69, 9.17) is 0 Å². The van der Waals surface area contributed by atoms with Crippen molar-refractivity contribution in [3.8, 4) is 11.3 Å². The van der Waals surface area contributed by atoms with Crippen LogP contribution in [0.25, 0.3) is 16.2 Å². The number of carbonyl (C=O) groups excluding carboxylic acids is 2. The fourth-order valence-electron chi connectivity index (χ4n) is 2.66. The lowest BCUT2D eigenvalue weighted by atomic mass is 10.1. The second-order valence-electron chi connectivity index (χ2n) is 6.03. The van der Waals surface area contributed by atoms with Gasteiger partial charge in [-0.1, -0.05) is 28.1 Å². The van der Waals surface area contributed by atoms with Gasteiger partial charge in [0, 0.05) is 39.1 Å². The standard InChI is InChI=1S/C20H15BrN4O2S/c21-15-5-1-14(2-6-15)19(27)22-11-18(26)23-16-7-3-13(4-8-16)17-12-25-9-10-28-20(25)24-17/h1-10,12H,11H2,(H,22,27)(H,23,26). The van der Waals surface area contributed by atoms with Gasteiger partial charge in [0.15, 0.2) is 4.96 Å². The third-order valence-electron chi connectivity index (χ3n) is 4.07. The number of rotatable bonds is 5. The fraction of sp³-hybridized carbons (Fsp3) is 0.0500. The highest BCUT2D eigenvalue weighted by Gasteiger charge is 2.09. The van der Waals surface area contributed by atoms with Crippen molar-refractivity contribution in [2.45, 2.75) is 0 Å². The highest BCUT2D eigenvalue weighted by molar-refractivity contribution is 9.10. The second kappa shape index (κ2) is 7.95. The molecule has 0 spiro atoms. The number of benzene rings is 2. The molecule has 0 atom stereocenters. The molecular formula is C20H15BrN4O2S. The van der Waals surface area contributed by atoms with Crippen molar-refractivity contribution in [2.24, 2.45) is 0 Å². The van der Waals surface area contributed by atoms with Crippen LogP contribution in [0.15, 0.2) is 70.8 Å². The monoisotopic (exact) mass is 454 g/mol. The van der Waals surface area contributed by atoms with Gasteiger partial charge in [0.05, 0.1) is 12.2 Å². The maximum Gasteiger partial charge on any atom is 0.251 e. The van der Waals surface area contributed by atoms with Crippen molar-refractivity contribution in [1.29, 1.82) is 0 Å². The highest BCUT2D eigenvalue weighted by atomic mass is 79.9. The van der Waals surface area contributed by atoms with Gasteiger partial charge in [-0.2, -0.15) is 0 Å². The van der Waals surface area contributed by atoms with Crippen LogP contribution in [-0.4, -0.2) is 27.7 Å². The zero-order valence-electron chi connectivity index (χ0n) is 14.6. The van der Waals surface area contributed by atoms with Gasteiger partial charge in [-0.25, -0.2) is 4.98 Å². The van der Waals surface area contributed by atoms with Crippen LogP contribution >= 0.6 is 27.3 Å². The molecule has 0 aliphatic rings. The molecule has 0 radical (unpaired) electrons. The molecule has 0 aliphatic heterocycles. The van der Waals surface area contributed by atoms with E-state index in [0.29, 0.717) is 11.3 Å². The molecule has 8 heteroatoms.